The first-order valence-corrected chi connectivity index (χ1v) is 30.1. The summed E-state index contributed by atoms with van der Waals surface area (Å²) in [6, 6.07) is 13.3. The van der Waals surface area contributed by atoms with E-state index in [1.54, 1.807) is 42.1 Å². The number of terminal acetylenes is 1. The van der Waals surface area contributed by atoms with Gasteiger partial charge in [0.15, 0.2) is 5.82 Å². The molecule has 7 saturated heterocycles. The van der Waals surface area contributed by atoms with Crippen molar-refractivity contribution in [2.24, 2.45) is 7.05 Å². The van der Waals surface area contributed by atoms with Crippen LogP contribution in [-0.4, -0.2) is 180 Å². The number of piperazine rings is 2. The summed E-state index contributed by atoms with van der Waals surface area (Å²) in [5.74, 6) is 0.811. The molecule has 22 heteroatoms. The smallest absolute Gasteiger partial charge is 0.410 e. The number of rotatable bonds is 11. The number of para-hydroxylation sites is 1. The van der Waals surface area contributed by atoms with Gasteiger partial charge in [-0.15, -0.1) is 6.42 Å². The number of ether oxygens (including phenoxy) is 3. The van der Waals surface area contributed by atoms with E-state index in [1.807, 2.05) is 48.8 Å². The number of hydrogen-bond acceptors (Lipinski definition) is 15. The summed E-state index contributed by atoms with van der Waals surface area (Å²) >= 11 is 0. The highest BCUT2D eigenvalue weighted by Crippen LogP contribution is 2.44. The van der Waals surface area contributed by atoms with Crippen molar-refractivity contribution in [1.29, 1.82) is 0 Å². The fourth-order valence-corrected chi connectivity index (χ4v) is 15.0. The Kier molecular flexibility index (Phi) is 14.8. The molecule has 5 atom stereocenters. The number of nitrogens with zero attached hydrogens (tertiary/aromatic N) is 11. The van der Waals surface area contributed by atoms with E-state index in [0.29, 0.717) is 71.8 Å². The molecule has 1 N–H and O–H groups in total. The lowest BCUT2D eigenvalue weighted by molar-refractivity contribution is -0.135. The van der Waals surface area contributed by atoms with Gasteiger partial charge in [0.1, 0.15) is 47.7 Å². The van der Waals surface area contributed by atoms with Gasteiger partial charge in [-0.25, -0.2) is 23.2 Å². The summed E-state index contributed by atoms with van der Waals surface area (Å²) in [5, 5.41) is 3.76. The molecule has 4 amide bonds. The van der Waals surface area contributed by atoms with E-state index in [0.717, 1.165) is 95.2 Å². The molecule has 0 spiro atoms. The Morgan fingerprint density at radius 3 is 2.36 bits per heavy atom. The number of aryl methyl sites for hydroxylation is 1. The molecule has 446 valence electrons. The topological polar surface area (TPSA) is 193 Å². The number of carbonyl (C=O) groups excluding carboxylic acids is 4. The maximum atomic E-state index is 17.5. The first-order chi connectivity index (χ1) is 41.0. The zero-order valence-electron chi connectivity index (χ0n) is 48.7. The third kappa shape index (κ3) is 10.4. The standard InChI is InChI=1S/C63H72F2N12O8/c1-6-44-47(64)17-14-38-10-7-12-45(51(38)44)53-52(65)54-46(32-66-53)56(74-34-41-15-16-42(35-74)76(41)61(82)85-62(2,3)4)69-58(68-54)84-37-63-23-9-25-75(63)43(20-24-63)36-83-60(81)73-30-28-72(29-31-73)40-21-26-71(27-22-40)33-39-11-8-13-48-55(39)70(5)59(80)77(48)49-18-19-50(78)67-57(49)79/h1,7-8,10-14,17,32,40-43,49H,9,15-16,18-31,33-37H2,2-5H3,(H,67,78,79)/t41?,42?,43-,49?,63-/m0/s1. The highest BCUT2D eigenvalue weighted by atomic mass is 19.1. The van der Waals surface area contributed by atoms with Crippen LogP contribution in [0.25, 0.3) is 44.0 Å². The molecule has 0 aliphatic carbocycles. The van der Waals surface area contributed by atoms with Crippen LogP contribution in [0.1, 0.15) is 102 Å². The number of imide groups is 1. The first-order valence-electron chi connectivity index (χ1n) is 30.1. The van der Waals surface area contributed by atoms with Crippen molar-refractivity contribution in [2.75, 3.05) is 77.0 Å². The van der Waals surface area contributed by atoms with Crippen molar-refractivity contribution in [3.63, 3.8) is 0 Å². The number of hydrogen-bond donors (Lipinski definition) is 1. The Morgan fingerprint density at radius 2 is 1.62 bits per heavy atom. The van der Waals surface area contributed by atoms with E-state index in [-0.39, 0.29) is 96.3 Å². The molecule has 0 radical (unpaired) electrons. The number of imidazole rings is 1. The van der Waals surface area contributed by atoms with Gasteiger partial charge < -0.3 is 24.0 Å². The number of piperidine rings is 2. The fraction of sp³-hybridized carbons (Fsp3) is 0.524. The minimum absolute atomic E-state index is 0.00187. The highest BCUT2D eigenvalue weighted by molar-refractivity contribution is 6.02. The van der Waals surface area contributed by atoms with Gasteiger partial charge >= 0.3 is 23.9 Å². The summed E-state index contributed by atoms with van der Waals surface area (Å²) in [6.07, 6.45) is 14.1. The summed E-state index contributed by atoms with van der Waals surface area (Å²) in [6.45, 7) is 12.8. The van der Waals surface area contributed by atoms with E-state index < -0.39 is 29.2 Å². The van der Waals surface area contributed by atoms with E-state index in [4.69, 9.17) is 30.6 Å². The van der Waals surface area contributed by atoms with Crippen molar-refractivity contribution in [3.8, 4) is 29.6 Å². The molecule has 7 fully saturated rings. The molecule has 7 aliphatic rings. The quantitative estimate of drug-likeness (QED) is 0.102. The van der Waals surface area contributed by atoms with Crippen molar-refractivity contribution in [3.05, 3.63) is 88.0 Å². The molecule has 6 aromatic rings. The van der Waals surface area contributed by atoms with Crippen molar-refractivity contribution >= 4 is 62.5 Å². The molecule has 3 unspecified atom stereocenters. The van der Waals surface area contributed by atoms with Gasteiger partial charge in [-0.3, -0.25) is 48.6 Å². The molecule has 7 aliphatic heterocycles. The van der Waals surface area contributed by atoms with Gasteiger partial charge in [0.25, 0.3) is 0 Å². The maximum absolute atomic E-state index is 17.5. The lowest BCUT2D eigenvalue weighted by Gasteiger charge is -2.42. The van der Waals surface area contributed by atoms with E-state index in [9.17, 15) is 24.0 Å². The minimum Gasteiger partial charge on any atom is -0.461 e. The summed E-state index contributed by atoms with van der Waals surface area (Å²) in [4.78, 5) is 93.0. The maximum Gasteiger partial charge on any atom is 0.410 e. The zero-order valence-corrected chi connectivity index (χ0v) is 48.7. The monoisotopic (exact) mass is 1160 g/mol. The van der Waals surface area contributed by atoms with Crippen LogP contribution in [0.2, 0.25) is 0 Å². The average molecular weight is 1160 g/mol. The summed E-state index contributed by atoms with van der Waals surface area (Å²) in [7, 11) is 1.74. The summed E-state index contributed by atoms with van der Waals surface area (Å²) in [5.41, 5.74) is 1.48. The zero-order chi connectivity index (χ0) is 59.1. The van der Waals surface area contributed by atoms with Gasteiger partial charge in [0.2, 0.25) is 11.8 Å². The normalized spacial score (nSPS) is 24.4. The molecule has 2 bridgehead atoms. The molecule has 85 heavy (non-hydrogen) atoms. The second-order valence-corrected chi connectivity index (χ2v) is 25.2. The predicted octanol–water partition coefficient (Wildman–Crippen LogP) is 7.12. The fourth-order valence-electron chi connectivity index (χ4n) is 15.0. The number of aromatic nitrogens is 5. The largest absolute Gasteiger partial charge is 0.461 e. The lowest BCUT2D eigenvalue weighted by atomic mass is 9.95. The number of pyridine rings is 1. The minimum atomic E-state index is -0.733. The molecule has 10 heterocycles. The van der Waals surface area contributed by atoms with Gasteiger partial charge in [0.05, 0.1) is 39.6 Å². The number of likely N-dealkylation sites (tertiary alicyclic amines) is 1. The van der Waals surface area contributed by atoms with Gasteiger partial charge in [0, 0.05) is 88.5 Å². The Labute approximate surface area is 491 Å². The van der Waals surface area contributed by atoms with Crippen LogP contribution in [0, 0.1) is 24.0 Å². The van der Waals surface area contributed by atoms with Crippen molar-refractivity contribution in [1.82, 2.24) is 53.9 Å². The Morgan fingerprint density at radius 1 is 0.859 bits per heavy atom. The Bertz CT molecular complexity index is 3750. The van der Waals surface area contributed by atoms with Gasteiger partial charge in [-0.2, -0.15) is 9.97 Å². The molecule has 20 nitrogen and oxygen atoms in total. The van der Waals surface area contributed by atoms with Crippen LogP contribution in [-0.2, 0) is 32.7 Å². The SMILES string of the molecule is C#Cc1c(F)ccc2cccc(-c3ncc4c(N5CC6CCC(C5)N6C(=O)OC(C)(C)C)nc(OC[C@@]56CCCN5[C@H](COC(=O)N5CCN(C7CCN(Cc8cccc9c8n(C)c(=O)n9C8CCC(=O)NC8=O)CC7)CC5)CC6)nc4c3F)c12. The van der Waals surface area contributed by atoms with Crippen LogP contribution in [0.5, 0.6) is 6.01 Å². The van der Waals surface area contributed by atoms with E-state index >= 15 is 8.78 Å². The van der Waals surface area contributed by atoms with Crippen molar-refractivity contribution < 1.29 is 42.2 Å². The van der Waals surface area contributed by atoms with Crippen LogP contribution in [0.3, 0.4) is 0 Å². The molecule has 3 aromatic carbocycles. The number of fused-ring (bicyclic) bond motifs is 6. The number of benzene rings is 3. The lowest BCUT2D eigenvalue weighted by Crippen LogP contribution is -2.57. The number of halogens is 2. The predicted molar refractivity (Wildman–Crippen MR) is 314 cm³/mol. The van der Waals surface area contributed by atoms with Crippen LogP contribution < -0.4 is 20.6 Å². The van der Waals surface area contributed by atoms with Crippen LogP contribution in [0.4, 0.5) is 24.2 Å². The first kappa shape index (κ1) is 56.4. The molecular weight excluding hydrogens is 1090 g/mol. The van der Waals surface area contributed by atoms with Gasteiger partial charge in [-0.1, -0.05) is 42.3 Å². The van der Waals surface area contributed by atoms with E-state index in [2.05, 4.69) is 35.8 Å². The molecule has 13 rings (SSSR count). The van der Waals surface area contributed by atoms with Crippen molar-refractivity contribution in [2.45, 2.75) is 133 Å². The molecular formula is C63H72F2N12O8. The van der Waals surface area contributed by atoms with Gasteiger partial charge in [-0.05, 0) is 121 Å². The third-order valence-electron chi connectivity index (χ3n) is 19.1. The number of anilines is 1. The second-order valence-electron chi connectivity index (χ2n) is 25.2. The molecule has 0 saturated carbocycles. The second kappa shape index (κ2) is 22.3. The third-order valence-corrected chi connectivity index (χ3v) is 19.1. The number of nitrogens with one attached hydrogen (secondary N) is 1. The Balaban J connectivity index is 0.652. The number of amides is 4. The average Bonchev–Trinajstić information content (AvgIpc) is 2.23. The van der Waals surface area contributed by atoms with E-state index in [1.165, 1.54) is 10.6 Å². The number of carbonyl (C=O) groups is 4. The summed E-state index contributed by atoms with van der Waals surface area (Å²) < 4.78 is 54.5. The van der Waals surface area contributed by atoms with Crippen LogP contribution in [0.15, 0.2) is 59.5 Å². The Hall–Kier alpha value is -7.74. The highest BCUT2D eigenvalue weighted by Gasteiger charge is 2.51. The molecule has 3 aromatic heterocycles. The van der Waals surface area contributed by atoms with Crippen LogP contribution >= 0.6 is 0 Å².